The van der Waals surface area contributed by atoms with Crippen molar-refractivity contribution in [1.29, 1.82) is 0 Å². The van der Waals surface area contributed by atoms with Gasteiger partial charge >= 0.3 is 0 Å². The molecule has 0 saturated heterocycles. The van der Waals surface area contributed by atoms with Gasteiger partial charge in [-0.05, 0) is 38.5 Å². The third-order valence-electron chi connectivity index (χ3n) is 4.72. The van der Waals surface area contributed by atoms with Gasteiger partial charge in [0.15, 0.2) is 0 Å². The van der Waals surface area contributed by atoms with Gasteiger partial charge in [-0.3, -0.25) is 19.6 Å². The number of aryl methyl sites for hydroxylation is 1. The average molecular weight is 419 g/mol. The van der Waals surface area contributed by atoms with E-state index >= 15 is 0 Å². The van der Waals surface area contributed by atoms with E-state index in [2.05, 4.69) is 4.72 Å². The van der Waals surface area contributed by atoms with E-state index in [1.165, 1.54) is 29.2 Å². The van der Waals surface area contributed by atoms with Crippen molar-refractivity contribution < 1.29 is 22.9 Å². The molecule has 1 heterocycles. The van der Waals surface area contributed by atoms with Gasteiger partial charge in [-0.25, -0.2) is 8.42 Å². The molecule has 1 N–H and O–H groups in total. The van der Waals surface area contributed by atoms with Crippen LogP contribution in [-0.2, 0) is 14.8 Å². The van der Waals surface area contributed by atoms with E-state index in [-0.39, 0.29) is 28.8 Å². The first kappa shape index (κ1) is 20.6. The molecule has 9 nitrogen and oxygen atoms in total. The zero-order valence-corrected chi connectivity index (χ0v) is 17.2. The van der Waals surface area contributed by atoms with Gasteiger partial charge in [-0.15, -0.1) is 0 Å². The quantitative estimate of drug-likeness (QED) is 0.601. The van der Waals surface area contributed by atoms with E-state index in [1.807, 2.05) is 0 Å². The number of nitro groups is 1. The van der Waals surface area contributed by atoms with Crippen LogP contribution < -0.4 is 14.4 Å². The molecule has 2 aromatic rings. The largest absolute Gasteiger partial charge is 0.490 e. The Bertz CT molecular complexity index is 1110. The molecule has 10 heteroatoms. The number of sulfonamides is 1. The Labute approximate surface area is 168 Å². The molecule has 1 amide bonds. The number of anilines is 2. The van der Waals surface area contributed by atoms with Crippen molar-refractivity contribution in [2.45, 2.75) is 25.7 Å². The van der Waals surface area contributed by atoms with Crippen molar-refractivity contribution in [3.8, 4) is 5.75 Å². The molecular formula is C19H21N3O6S. The van der Waals surface area contributed by atoms with E-state index in [9.17, 15) is 23.3 Å². The Morgan fingerprint density at radius 3 is 2.55 bits per heavy atom. The lowest BCUT2D eigenvalue weighted by Gasteiger charge is -2.24. The second-order valence-electron chi connectivity index (χ2n) is 7.53. The molecule has 3 rings (SSSR count). The summed E-state index contributed by atoms with van der Waals surface area (Å²) in [7, 11) is -2.44. The molecule has 154 valence electrons. The maximum absolute atomic E-state index is 12.8. The number of fused-ring (bicyclic) bond motifs is 1. The molecule has 0 unspecified atom stereocenters. The number of hydrogen-bond acceptors (Lipinski definition) is 6. The highest BCUT2D eigenvalue weighted by Crippen LogP contribution is 2.38. The monoisotopic (exact) mass is 419 g/mol. The summed E-state index contributed by atoms with van der Waals surface area (Å²) >= 11 is 0. The number of nitrogens with one attached hydrogen (secondary N) is 1. The Balaban J connectivity index is 1.96. The van der Waals surface area contributed by atoms with Crippen molar-refractivity contribution in [3.05, 3.63) is 52.1 Å². The van der Waals surface area contributed by atoms with Crippen LogP contribution in [0.1, 0.15) is 19.4 Å². The fraction of sp³-hybridized carbons (Fsp3) is 0.316. The first-order valence-corrected chi connectivity index (χ1v) is 10.2. The van der Waals surface area contributed by atoms with Gasteiger partial charge in [-0.2, -0.15) is 0 Å². The minimum absolute atomic E-state index is 0.114. The molecule has 0 aliphatic carbocycles. The van der Waals surface area contributed by atoms with Crippen LogP contribution in [-0.4, -0.2) is 32.9 Å². The minimum Gasteiger partial charge on any atom is -0.490 e. The fourth-order valence-electron chi connectivity index (χ4n) is 3.06. The predicted molar refractivity (Wildman–Crippen MR) is 108 cm³/mol. The second kappa shape index (κ2) is 7.03. The number of ether oxygens (including phenoxy) is 1. The highest BCUT2D eigenvalue weighted by atomic mass is 32.2. The normalized spacial score (nSPS) is 15.9. The molecule has 0 radical (unpaired) electrons. The summed E-state index contributed by atoms with van der Waals surface area (Å²) in [6, 6.07) is 8.24. The van der Waals surface area contributed by atoms with Crippen molar-refractivity contribution in [1.82, 2.24) is 0 Å². The van der Waals surface area contributed by atoms with Crippen LogP contribution in [0.15, 0.2) is 41.3 Å². The van der Waals surface area contributed by atoms with Gasteiger partial charge in [-0.1, -0.05) is 6.07 Å². The van der Waals surface area contributed by atoms with Gasteiger partial charge in [0.1, 0.15) is 12.4 Å². The zero-order valence-electron chi connectivity index (χ0n) is 16.4. The highest BCUT2D eigenvalue weighted by molar-refractivity contribution is 7.92. The minimum atomic E-state index is -4.07. The molecule has 0 fully saturated rings. The molecule has 0 saturated carbocycles. The van der Waals surface area contributed by atoms with Crippen LogP contribution in [0.3, 0.4) is 0 Å². The topological polar surface area (TPSA) is 119 Å². The van der Waals surface area contributed by atoms with Crippen LogP contribution in [0, 0.1) is 22.5 Å². The summed E-state index contributed by atoms with van der Waals surface area (Å²) < 4.78 is 33.8. The van der Waals surface area contributed by atoms with Crippen LogP contribution in [0.25, 0.3) is 0 Å². The molecule has 0 bridgehead atoms. The molecular weight excluding hydrogens is 398 g/mol. The number of non-ortho nitro benzene ring substituents is 1. The van der Waals surface area contributed by atoms with E-state index in [0.29, 0.717) is 17.0 Å². The van der Waals surface area contributed by atoms with E-state index in [1.54, 1.807) is 33.9 Å². The summed E-state index contributed by atoms with van der Waals surface area (Å²) in [5.74, 6) is 0.249. The molecule has 2 aromatic carbocycles. The number of carbonyl (C=O) groups excluding carboxylic acids is 1. The Morgan fingerprint density at radius 1 is 1.21 bits per heavy atom. The fourth-order valence-corrected chi connectivity index (χ4v) is 4.37. The number of nitrogens with zero attached hydrogens (tertiary/aromatic N) is 2. The smallest absolute Gasteiger partial charge is 0.270 e. The number of nitro benzene ring substituents is 1. The van der Waals surface area contributed by atoms with Crippen molar-refractivity contribution in [2.75, 3.05) is 23.3 Å². The third kappa shape index (κ3) is 3.88. The number of benzene rings is 2. The SMILES string of the molecule is Cc1ccc([N+](=O)[O-])cc1S(=O)(=O)Nc1ccc2c(c1)OCC(C)(C)C(=O)N2C. The maximum atomic E-state index is 12.8. The summed E-state index contributed by atoms with van der Waals surface area (Å²) in [5, 5.41) is 11.0. The van der Waals surface area contributed by atoms with Crippen LogP contribution in [0.4, 0.5) is 17.1 Å². The van der Waals surface area contributed by atoms with Crippen LogP contribution in [0.5, 0.6) is 5.75 Å². The molecule has 0 atom stereocenters. The first-order chi connectivity index (χ1) is 13.4. The highest BCUT2D eigenvalue weighted by Gasteiger charge is 2.36. The van der Waals surface area contributed by atoms with Gasteiger partial charge < -0.3 is 9.64 Å². The van der Waals surface area contributed by atoms with Gasteiger partial charge in [0, 0.05) is 25.2 Å². The van der Waals surface area contributed by atoms with Crippen LogP contribution in [0.2, 0.25) is 0 Å². The lowest BCUT2D eigenvalue weighted by molar-refractivity contribution is -0.385. The summed E-state index contributed by atoms with van der Waals surface area (Å²) in [6.07, 6.45) is 0. The van der Waals surface area contributed by atoms with Crippen LogP contribution >= 0.6 is 0 Å². The Kier molecular flexibility index (Phi) is 4.99. The maximum Gasteiger partial charge on any atom is 0.270 e. The first-order valence-electron chi connectivity index (χ1n) is 8.75. The summed E-state index contributed by atoms with van der Waals surface area (Å²) in [5.41, 5.74) is 0.0723. The number of amides is 1. The van der Waals surface area contributed by atoms with Crippen molar-refractivity contribution in [2.24, 2.45) is 5.41 Å². The molecule has 1 aliphatic rings. The summed E-state index contributed by atoms with van der Waals surface area (Å²) in [4.78, 5) is 24.2. The lowest BCUT2D eigenvalue weighted by Crippen LogP contribution is -2.39. The van der Waals surface area contributed by atoms with E-state index in [4.69, 9.17) is 4.74 Å². The van der Waals surface area contributed by atoms with Gasteiger partial charge in [0.05, 0.1) is 26.6 Å². The molecule has 29 heavy (non-hydrogen) atoms. The number of carbonyl (C=O) groups is 1. The van der Waals surface area contributed by atoms with Crippen molar-refractivity contribution in [3.63, 3.8) is 0 Å². The predicted octanol–water partition coefficient (Wildman–Crippen LogP) is 3.09. The molecule has 0 aromatic heterocycles. The zero-order chi connectivity index (χ0) is 21.6. The molecule has 1 aliphatic heterocycles. The number of hydrogen-bond donors (Lipinski definition) is 1. The summed E-state index contributed by atoms with van der Waals surface area (Å²) in [6.45, 7) is 5.24. The lowest BCUT2D eigenvalue weighted by atomic mass is 9.93. The average Bonchev–Trinajstić information content (AvgIpc) is 2.72. The Hall–Kier alpha value is -3.14. The Morgan fingerprint density at radius 2 is 1.90 bits per heavy atom. The molecule has 0 spiro atoms. The van der Waals surface area contributed by atoms with E-state index < -0.39 is 20.4 Å². The standard InChI is InChI=1S/C19H21N3O6S/c1-12-5-7-14(22(24)25)10-17(12)29(26,27)20-13-6-8-15-16(9-13)28-11-19(2,3)18(23)21(15)4/h5-10,20H,11H2,1-4H3. The third-order valence-corrected chi connectivity index (χ3v) is 6.24. The van der Waals surface area contributed by atoms with Gasteiger partial charge in [0.2, 0.25) is 5.91 Å². The second-order valence-corrected chi connectivity index (χ2v) is 9.18. The number of rotatable bonds is 4. The van der Waals surface area contributed by atoms with E-state index in [0.717, 1.165) is 6.07 Å². The van der Waals surface area contributed by atoms with Gasteiger partial charge in [0.25, 0.3) is 15.7 Å². The van der Waals surface area contributed by atoms with Crippen molar-refractivity contribution >= 4 is 33.0 Å².